The fraction of sp³-hybridized carbons (Fsp3) is 0.347. The standard InChI is InChI=1S/C49H54FN5O5Si/c1-32(2)15-14-16-33(3)25-28-54-41-24-23-36(55-42-20-11-13-22-44(42)59-43-21-12-10-19-37(43)47(55)57)29-39(41)49(48(54)58)34(4)46(61(5,6)50)45(60-49)26-27-53-30-40(51-52-53)38(31-56)35-17-8-7-9-18-35/h7-13,15,17-25,29-30,34,38,45-46,56H,14,16,26-28,31H2,1-6H3/b33-25+/t34-,38?,45+,46-,49+/m0/s1. The highest BCUT2D eigenvalue weighted by Gasteiger charge is 2.66. The number of aliphatic hydroxyl groups is 1. The van der Waals surface area contributed by atoms with Gasteiger partial charge < -0.3 is 23.6 Å². The van der Waals surface area contributed by atoms with Gasteiger partial charge in [-0.25, -0.2) is 0 Å². The second kappa shape index (κ2) is 17.0. The Labute approximate surface area is 358 Å². The summed E-state index contributed by atoms with van der Waals surface area (Å²) in [6.07, 6.45) is 7.64. The van der Waals surface area contributed by atoms with Gasteiger partial charge in [0.15, 0.2) is 11.4 Å². The van der Waals surface area contributed by atoms with Crippen molar-refractivity contribution in [1.29, 1.82) is 0 Å². The Balaban J connectivity index is 1.18. The molecule has 0 aliphatic carbocycles. The van der Waals surface area contributed by atoms with Crippen LogP contribution in [0.4, 0.5) is 21.2 Å². The maximum absolute atomic E-state index is 16.9. The van der Waals surface area contributed by atoms with Crippen LogP contribution >= 0.6 is 0 Å². The van der Waals surface area contributed by atoms with Crippen LogP contribution in [0.25, 0.3) is 0 Å². The van der Waals surface area contributed by atoms with Gasteiger partial charge in [0.25, 0.3) is 11.8 Å². The van der Waals surface area contributed by atoms with E-state index in [0.717, 1.165) is 24.0 Å². The topological polar surface area (TPSA) is 110 Å². The summed E-state index contributed by atoms with van der Waals surface area (Å²) in [6.45, 7) is 12.1. The first-order valence-electron chi connectivity index (χ1n) is 21.2. The first-order valence-corrected chi connectivity index (χ1v) is 24.2. The third-order valence-corrected chi connectivity index (χ3v) is 15.0. The minimum atomic E-state index is -3.50. The van der Waals surface area contributed by atoms with Crippen molar-refractivity contribution >= 4 is 37.3 Å². The van der Waals surface area contributed by atoms with Crippen molar-refractivity contribution in [2.24, 2.45) is 5.92 Å². The predicted molar refractivity (Wildman–Crippen MR) is 239 cm³/mol. The molecule has 10 nitrogen and oxygen atoms in total. The minimum Gasteiger partial charge on any atom is -0.454 e. The van der Waals surface area contributed by atoms with Gasteiger partial charge in [-0.15, -0.1) is 5.10 Å². The van der Waals surface area contributed by atoms with Crippen LogP contribution in [-0.2, 0) is 21.7 Å². The number of nitrogens with zero attached hydrogens (tertiary/aromatic N) is 5. The van der Waals surface area contributed by atoms with E-state index in [9.17, 15) is 9.90 Å². The van der Waals surface area contributed by atoms with Crippen LogP contribution < -0.4 is 14.5 Å². The molecule has 8 rings (SSSR count). The molecule has 3 aliphatic heterocycles. The molecule has 12 heteroatoms. The Hall–Kier alpha value is -5.69. The fourth-order valence-electron chi connectivity index (χ4n) is 9.53. The van der Waals surface area contributed by atoms with E-state index >= 15 is 8.90 Å². The van der Waals surface area contributed by atoms with Crippen molar-refractivity contribution in [3.8, 4) is 11.5 Å². The first kappa shape index (κ1) is 42.0. The molecule has 61 heavy (non-hydrogen) atoms. The SMILES string of the molecule is CC(C)=CCC/C(C)=C/CN1C(=O)[C@]2(O[C@H](CCn3cc(C(CO)c4ccccc4)nn3)[C@@H]([Si](C)(C)F)[C@@H]2C)c2cc(N3C(=O)c4ccccc4Oc4ccccc43)ccc21. The number of aromatic nitrogens is 3. The molecule has 4 aromatic carbocycles. The van der Waals surface area contributed by atoms with Gasteiger partial charge in [0.05, 0.1) is 41.3 Å². The molecule has 0 saturated carbocycles. The molecule has 1 spiro atoms. The Morgan fingerprint density at radius 2 is 1.66 bits per heavy atom. The number of ether oxygens (including phenoxy) is 2. The zero-order valence-corrected chi connectivity index (χ0v) is 36.7. The van der Waals surface area contributed by atoms with Gasteiger partial charge in [-0.05, 0) is 101 Å². The van der Waals surface area contributed by atoms with Crippen molar-refractivity contribution in [2.75, 3.05) is 23.0 Å². The van der Waals surface area contributed by atoms with Crippen molar-refractivity contribution in [3.63, 3.8) is 0 Å². The molecule has 1 saturated heterocycles. The number of anilines is 3. The van der Waals surface area contributed by atoms with Gasteiger partial charge in [-0.2, -0.15) is 0 Å². The number of allylic oxidation sites excluding steroid dienone is 3. The van der Waals surface area contributed by atoms with Crippen LogP contribution in [0.15, 0.2) is 127 Å². The maximum atomic E-state index is 16.9. The molecule has 0 bridgehead atoms. The third-order valence-electron chi connectivity index (χ3n) is 12.5. The van der Waals surface area contributed by atoms with Gasteiger partial charge in [-0.1, -0.05) is 90.0 Å². The summed E-state index contributed by atoms with van der Waals surface area (Å²) in [5.41, 5.74) is 4.71. The number of fused-ring (bicyclic) bond motifs is 4. The van der Waals surface area contributed by atoms with Crippen LogP contribution in [0.2, 0.25) is 18.6 Å². The van der Waals surface area contributed by atoms with Crippen molar-refractivity contribution in [2.45, 2.75) is 89.8 Å². The average molecular weight is 840 g/mol. The Bertz CT molecular complexity index is 2490. The van der Waals surface area contributed by atoms with Crippen LogP contribution in [0, 0.1) is 5.92 Å². The fourth-order valence-corrected chi connectivity index (χ4v) is 12.1. The lowest BCUT2D eigenvalue weighted by Crippen LogP contribution is -2.45. The predicted octanol–water partition coefficient (Wildman–Crippen LogP) is 10.4. The quantitative estimate of drug-likeness (QED) is 0.0714. The van der Waals surface area contributed by atoms with Crippen LogP contribution in [0.5, 0.6) is 11.5 Å². The number of carbonyl (C=O) groups is 2. The summed E-state index contributed by atoms with van der Waals surface area (Å²) in [5, 5.41) is 19.1. The maximum Gasteiger partial charge on any atom is 0.266 e. The van der Waals surface area contributed by atoms with Gasteiger partial charge in [-0.3, -0.25) is 19.2 Å². The monoisotopic (exact) mass is 839 g/mol. The summed E-state index contributed by atoms with van der Waals surface area (Å²) in [6, 6.07) is 29.9. The molecule has 1 aromatic heterocycles. The van der Waals surface area contributed by atoms with E-state index in [1.807, 2.05) is 98.0 Å². The lowest BCUT2D eigenvalue weighted by molar-refractivity contribution is -0.145. The second-order valence-electron chi connectivity index (χ2n) is 17.3. The molecule has 1 fully saturated rings. The van der Waals surface area contributed by atoms with Crippen molar-refractivity contribution in [3.05, 3.63) is 149 Å². The van der Waals surface area contributed by atoms with E-state index in [1.165, 1.54) is 5.57 Å². The van der Waals surface area contributed by atoms with E-state index in [1.54, 1.807) is 39.7 Å². The molecule has 0 radical (unpaired) electrons. The van der Waals surface area contributed by atoms with Gasteiger partial charge in [0.1, 0.15) is 5.75 Å². The Morgan fingerprint density at radius 1 is 0.934 bits per heavy atom. The molecule has 4 heterocycles. The van der Waals surface area contributed by atoms with Crippen LogP contribution in [-0.4, -0.2) is 59.6 Å². The van der Waals surface area contributed by atoms with Crippen LogP contribution in [0.1, 0.15) is 80.1 Å². The average Bonchev–Trinajstić information content (AvgIpc) is 3.87. The van der Waals surface area contributed by atoms with E-state index < -0.39 is 31.6 Å². The molecular weight excluding hydrogens is 786 g/mol. The molecule has 5 atom stereocenters. The van der Waals surface area contributed by atoms with E-state index in [4.69, 9.17) is 9.47 Å². The number of para-hydroxylation sites is 3. The molecule has 1 unspecified atom stereocenters. The molecule has 3 aliphatic rings. The number of halogens is 1. The third kappa shape index (κ3) is 7.88. The number of benzene rings is 4. The van der Waals surface area contributed by atoms with E-state index in [2.05, 4.69) is 43.2 Å². The molecular formula is C49H54FN5O5Si. The summed E-state index contributed by atoms with van der Waals surface area (Å²) < 4.78 is 32.1. The highest BCUT2D eigenvalue weighted by Crippen LogP contribution is 2.61. The lowest BCUT2D eigenvalue weighted by Gasteiger charge is -2.31. The lowest BCUT2D eigenvalue weighted by atomic mass is 9.82. The van der Waals surface area contributed by atoms with E-state index in [0.29, 0.717) is 64.9 Å². The Morgan fingerprint density at radius 3 is 2.39 bits per heavy atom. The molecule has 2 amide bonds. The number of aliphatic hydroxyl groups excluding tert-OH is 1. The van der Waals surface area contributed by atoms with Crippen molar-refractivity contribution < 1.29 is 28.3 Å². The number of hydrogen-bond acceptors (Lipinski definition) is 7. The second-order valence-corrected chi connectivity index (χ2v) is 21.1. The zero-order valence-electron chi connectivity index (χ0n) is 35.7. The number of hydrogen-bond donors (Lipinski definition) is 1. The molecule has 316 valence electrons. The number of amides is 2. The summed E-state index contributed by atoms with van der Waals surface area (Å²) in [7, 11) is -3.50. The molecule has 5 aromatic rings. The summed E-state index contributed by atoms with van der Waals surface area (Å²) >= 11 is 0. The highest BCUT2D eigenvalue weighted by molar-refractivity contribution is 6.72. The van der Waals surface area contributed by atoms with Crippen molar-refractivity contribution in [1.82, 2.24) is 15.0 Å². The van der Waals surface area contributed by atoms with Gasteiger partial charge in [0, 0.05) is 42.0 Å². The number of carbonyl (C=O) groups excluding carboxylic acids is 2. The molecule has 1 N–H and O–H groups in total. The summed E-state index contributed by atoms with van der Waals surface area (Å²) in [5.74, 6) is -0.428. The highest BCUT2D eigenvalue weighted by atomic mass is 28.4. The van der Waals surface area contributed by atoms with Gasteiger partial charge in [0.2, 0.25) is 8.41 Å². The smallest absolute Gasteiger partial charge is 0.266 e. The van der Waals surface area contributed by atoms with E-state index in [-0.39, 0.29) is 24.3 Å². The number of aryl methyl sites for hydroxylation is 1. The van der Waals surface area contributed by atoms with Gasteiger partial charge >= 0.3 is 0 Å². The van der Waals surface area contributed by atoms with Crippen LogP contribution in [0.3, 0.4) is 0 Å². The normalized spacial score (nSPS) is 21.5. The first-order chi connectivity index (χ1) is 29.3. The zero-order chi connectivity index (χ0) is 43.1. The summed E-state index contributed by atoms with van der Waals surface area (Å²) in [4.78, 5) is 33.3. The minimum absolute atomic E-state index is 0.128. The Kier molecular flexibility index (Phi) is 11.7. The number of rotatable bonds is 13. The largest absolute Gasteiger partial charge is 0.454 e.